The Morgan fingerprint density at radius 3 is 2.69 bits per heavy atom. The van der Waals surface area contributed by atoms with Crippen molar-refractivity contribution in [2.24, 2.45) is 5.92 Å². The van der Waals surface area contributed by atoms with Crippen LogP contribution in [0.4, 0.5) is 4.39 Å². The number of fused-ring (bicyclic) bond motifs is 3. The summed E-state index contributed by atoms with van der Waals surface area (Å²) in [6.07, 6.45) is 8.58. The second kappa shape index (κ2) is 6.48. The summed E-state index contributed by atoms with van der Waals surface area (Å²) in [6.45, 7) is 0. The molecule has 0 spiro atoms. The highest BCUT2D eigenvalue weighted by molar-refractivity contribution is 7.25. The van der Waals surface area contributed by atoms with Crippen LogP contribution >= 0.6 is 11.3 Å². The number of hydrogen-bond acceptors (Lipinski definition) is 2. The number of pyridine rings is 1. The number of halogens is 1. The minimum Gasteiger partial charge on any atom is -0.256 e. The fraction of sp³-hybridized carbons (Fsp3) is 0.261. The highest BCUT2D eigenvalue weighted by atomic mass is 32.1. The van der Waals surface area contributed by atoms with E-state index in [1.54, 1.807) is 23.5 Å². The molecule has 1 aliphatic rings. The van der Waals surface area contributed by atoms with Crippen molar-refractivity contribution in [2.75, 3.05) is 0 Å². The Hall–Kier alpha value is -2.26. The van der Waals surface area contributed by atoms with Crippen molar-refractivity contribution in [3.63, 3.8) is 0 Å². The third kappa shape index (κ3) is 2.90. The summed E-state index contributed by atoms with van der Waals surface area (Å²) in [6, 6.07) is 15.9. The SMILES string of the molecule is Fc1ccc2c(c1)sc1ccc(-c3cc(CC4CCCC4)ccn3)cc12. The second-order valence-electron chi connectivity index (χ2n) is 7.36. The maximum Gasteiger partial charge on any atom is 0.124 e. The molecule has 0 aliphatic heterocycles. The first-order chi connectivity index (χ1) is 12.8. The van der Waals surface area contributed by atoms with Crippen LogP contribution in [0, 0.1) is 11.7 Å². The highest BCUT2D eigenvalue weighted by Gasteiger charge is 2.16. The fourth-order valence-corrected chi connectivity index (χ4v) is 5.33. The number of aromatic nitrogens is 1. The summed E-state index contributed by atoms with van der Waals surface area (Å²) in [7, 11) is 0. The van der Waals surface area contributed by atoms with Crippen molar-refractivity contribution in [3.05, 3.63) is 66.1 Å². The highest BCUT2D eigenvalue weighted by Crippen LogP contribution is 2.36. The van der Waals surface area contributed by atoms with Gasteiger partial charge < -0.3 is 0 Å². The maximum atomic E-state index is 13.5. The molecular formula is C23H20FNS. The monoisotopic (exact) mass is 361 g/mol. The Morgan fingerprint density at radius 2 is 1.81 bits per heavy atom. The summed E-state index contributed by atoms with van der Waals surface area (Å²) in [4.78, 5) is 4.61. The summed E-state index contributed by atoms with van der Waals surface area (Å²) in [5, 5.41) is 2.31. The van der Waals surface area contributed by atoms with Crippen LogP contribution in [0.3, 0.4) is 0 Å². The molecule has 0 N–H and O–H groups in total. The van der Waals surface area contributed by atoms with Crippen LogP contribution in [0.2, 0.25) is 0 Å². The van der Waals surface area contributed by atoms with Crippen LogP contribution in [0.1, 0.15) is 31.2 Å². The van der Waals surface area contributed by atoms with Gasteiger partial charge in [0.2, 0.25) is 0 Å². The molecule has 0 amide bonds. The fourth-order valence-electron chi connectivity index (χ4n) is 4.22. The predicted octanol–water partition coefficient (Wildman–Crippen LogP) is 6.99. The van der Waals surface area contributed by atoms with E-state index in [0.717, 1.165) is 27.3 Å². The molecule has 1 saturated carbocycles. The summed E-state index contributed by atoms with van der Waals surface area (Å²) in [5.41, 5.74) is 3.55. The van der Waals surface area contributed by atoms with Crippen molar-refractivity contribution in [3.8, 4) is 11.3 Å². The smallest absolute Gasteiger partial charge is 0.124 e. The first-order valence-corrected chi connectivity index (χ1v) is 10.1. The van der Waals surface area contributed by atoms with Gasteiger partial charge in [-0.1, -0.05) is 37.8 Å². The molecular weight excluding hydrogens is 341 g/mol. The van der Waals surface area contributed by atoms with Gasteiger partial charge >= 0.3 is 0 Å². The third-order valence-electron chi connectivity index (χ3n) is 5.55. The molecule has 2 aromatic heterocycles. The molecule has 0 bridgehead atoms. The summed E-state index contributed by atoms with van der Waals surface area (Å²) >= 11 is 1.64. The lowest BCUT2D eigenvalue weighted by Gasteiger charge is -2.10. The average molecular weight is 361 g/mol. The zero-order valence-corrected chi connectivity index (χ0v) is 15.4. The van der Waals surface area contributed by atoms with Crippen molar-refractivity contribution in [1.29, 1.82) is 0 Å². The Bertz CT molecular complexity index is 1090. The molecule has 0 atom stereocenters. The number of hydrogen-bond donors (Lipinski definition) is 0. The van der Waals surface area contributed by atoms with E-state index < -0.39 is 0 Å². The van der Waals surface area contributed by atoms with Gasteiger partial charge in [0.05, 0.1) is 5.69 Å². The molecule has 1 aliphatic carbocycles. The van der Waals surface area contributed by atoms with E-state index in [0.29, 0.717) is 0 Å². The van der Waals surface area contributed by atoms with Crippen molar-refractivity contribution < 1.29 is 4.39 Å². The normalized spacial score (nSPS) is 15.3. The molecule has 1 fully saturated rings. The Balaban J connectivity index is 1.55. The second-order valence-corrected chi connectivity index (χ2v) is 8.44. The molecule has 4 aromatic rings. The third-order valence-corrected chi connectivity index (χ3v) is 6.69. The van der Waals surface area contributed by atoms with Crippen molar-refractivity contribution in [2.45, 2.75) is 32.1 Å². The van der Waals surface area contributed by atoms with Crippen LogP contribution in [-0.2, 0) is 6.42 Å². The lowest BCUT2D eigenvalue weighted by molar-refractivity contribution is 0.546. The molecule has 0 unspecified atom stereocenters. The molecule has 0 saturated heterocycles. The number of thiophene rings is 1. The minimum atomic E-state index is -0.175. The number of nitrogens with zero attached hydrogens (tertiary/aromatic N) is 1. The van der Waals surface area contributed by atoms with E-state index in [4.69, 9.17) is 0 Å². The number of benzene rings is 2. The molecule has 1 nitrogen and oxygen atoms in total. The van der Waals surface area contributed by atoms with Crippen molar-refractivity contribution >= 4 is 31.5 Å². The predicted molar refractivity (Wildman–Crippen MR) is 108 cm³/mol. The van der Waals surface area contributed by atoms with Gasteiger partial charge in [-0.3, -0.25) is 4.98 Å². The van der Waals surface area contributed by atoms with Gasteiger partial charge in [-0.25, -0.2) is 4.39 Å². The van der Waals surface area contributed by atoms with Gasteiger partial charge in [0.1, 0.15) is 5.82 Å². The lowest BCUT2D eigenvalue weighted by atomic mass is 9.97. The van der Waals surface area contributed by atoms with Gasteiger partial charge in [0, 0.05) is 31.9 Å². The molecule has 2 aromatic carbocycles. The van der Waals surface area contributed by atoms with Crippen LogP contribution in [0.25, 0.3) is 31.4 Å². The zero-order valence-electron chi connectivity index (χ0n) is 14.5. The van der Waals surface area contributed by atoms with Gasteiger partial charge in [0.15, 0.2) is 0 Å². The van der Waals surface area contributed by atoms with Crippen LogP contribution in [0.5, 0.6) is 0 Å². The molecule has 0 radical (unpaired) electrons. The summed E-state index contributed by atoms with van der Waals surface area (Å²) in [5.74, 6) is 0.661. The van der Waals surface area contributed by atoms with E-state index in [2.05, 4.69) is 35.3 Å². The zero-order chi connectivity index (χ0) is 17.5. The average Bonchev–Trinajstić information content (AvgIpc) is 3.28. The Labute approximate surface area is 156 Å². The topological polar surface area (TPSA) is 12.9 Å². The molecule has 5 rings (SSSR count). The molecule has 2 heterocycles. The van der Waals surface area contributed by atoms with Gasteiger partial charge in [-0.2, -0.15) is 0 Å². The van der Waals surface area contributed by atoms with Gasteiger partial charge in [0.25, 0.3) is 0 Å². The van der Waals surface area contributed by atoms with Gasteiger partial charge in [-0.15, -0.1) is 11.3 Å². The van der Waals surface area contributed by atoms with E-state index >= 15 is 0 Å². The first kappa shape index (κ1) is 16.0. The van der Waals surface area contributed by atoms with Crippen molar-refractivity contribution in [1.82, 2.24) is 4.98 Å². The quantitative estimate of drug-likeness (QED) is 0.383. The number of rotatable bonds is 3. The standard InChI is InChI=1S/C23H20FNS/c24-18-6-7-19-20-13-17(5-8-22(20)26-23(19)14-18)21-12-16(9-10-25-21)11-15-3-1-2-4-15/h5-10,12-15H,1-4,11H2. The van der Waals surface area contributed by atoms with Crippen LogP contribution in [0.15, 0.2) is 54.7 Å². The molecule has 26 heavy (non-hydrogen) atoms. The van der Waals surface area contributed by atoms with Crippen LogP contribution in [-0.4, -0.2) is 4.98 Å². The van der Waals surface area contributed by atoms with Gasteiger partial charge in [-0.05, 0) is 54.3 Å². The first-order valence-electron chi connectivity index (χ1n) is 9.33. The minimum absolute atomic E-state index is 0.175. The molecule has 3 heteroatoms. The van der Waals surface area contributed by atoms with E-state index in [9.17, 15) is 4.39 Å². The van der Waals surface area contributed by atoms with E-state index in [1.165, 1.54) is 47.8 Å². The Kier molecular flexibility index (Phi) is 3.97. The maximum absolute atomic E-state index is 13.5. The van der Waals surface area contributed by atoms with Crippen LogP contribution < -0.4 is 0 Å². The lowest BCUT2D eigenvalue weighted by Crippen LogP contribution is -1.99. The summed E-state index contributed by atoms with van der Waals surface area (Å²) < 4.78 is 15.7. The molecule has 130 valence electrons. The largest absolute Gasteiger partial charge is 0.256 e. The van der Waals surface area contributed by atoms with E-state index in [-0.39, 0.29) is 5.82 Å². The Morgan fingerprint density at radius 1 is 0.923 bits per heavy atom. The van der Waals surface area contributed by atoms with E-state index in [1.807, 2.05) is 12.3 Å².